The number of hydrogen-bond donors (Lipinski definition) is 0. The summed E-state index contributed by atoms with van der Waals surface area (Å²) in [6.07, 6.45) is 12.9. The van der Waals surface area contributed by atoms with Gasteiger partial charge >= 0.3 is 5.97 Å². The first-order valence-electron chi connectivity index (χ1n) is 7.52. The predicted molar refractivity (Wildman–Crippen MR) is 86.3 cm³/mol. The van der Waals surface area contributed by atoms with E-state index in [-0.39, 0.29) is 5.97 Å². The molecule has 0 N–H and O–H groups in total. The van der Waals surface area contributed by atoms with Crippen molar-refractivity contribution in [2.75, 3.05) is 11.0 Å². The average Bonchev–Trinajstić information content (AvgIpc) is 2.37. The van der Waals surface area contributed by atoms with Crippen molar-refractivity contribution < 1.29 is 9.53 Å². The van der Waals surface area contributed by atoms with Gasteiger partial charge in [0.1, 0.15) is 0 Å². The molecule has 3 heteroatoms. The van der Waals surface area contributed by atoms with Crippen molar-refractivity contribution in [3.63, 3.8) is 0 Å². The highest BCUT2D eigenvalue weighted by molar-refractivity contribution is 14.1. The van der Waals surface area contributed by atoms with Gasteiger partial charge in [-0.05, 0) is 23.7 Å². The van der Waals surface area contributed by atoms with Crippen molar-refractivity contribution in [3.8, 4) is 0 Å². The molecule has 108 valence electrons. The molecular formula is C15H29IO2. The van der Waals surface area contributed by atoms with Crippen molar-refractivity contribution >= 4 is 28.6 Å². The second-order valence-corrected chi connectivity index (χ2v) is 5.92. The topological polar surface area (TPSA) is 26.3 Å². The van der Waals surface area contributed by atoms with Crippen LogP contribution in [-0.2, 0) is 9.53 Å². The minimum Gasteiger partial charge on any atom is -0.466 e. The molecule has 2 nitrogen and oxygen atoms in total. The van der Waals surface area contributed by atoms with E-state index < -0.39 is 0 Å². The lowest BCUT2D eigenvalue weighted by atomic mass is 10.1. The Morgan fingerprint density at radius 3 is 2.00 bits per heavy atom. The van der Waals surface area contributed by atoms with Gasteiger partial charge in [0.15, 0.2) is 0 Å². The molecule has 0 aliphatic rings. The first-order valence-corrected chi connectivity index (χ1v) is 9.05. The van der Waals surface area contributed by atoms with Crippen LogP contribution in [0.3, 0.4) is 0 Å². The van der Waals surface area contributed by atoms with Crippen LogP contribution in [0.5, 0.6) is 0 Å². The zero-order valence-corrected chi connectivity index (χ0v) is 14.0. The third-order valence-corrected chi connectivity index (χ3v) is 3.79. The molecule has 0 unspecified atom stereocenters. The highest BCUT2D eigenvalue weighted by atomic mass is 127. The van der Waals surface area contributed by atoms with Gasteiger partial charge in [-0.2, -0.15) is 0 Å². The SMILES string of the molecule is CCCCOC(=O)CCCCCCCCCCI. The van der Waals surface area contributed by atoms with Gasteiger partial charge in [0.2, 0.25) is 0 Å². The average molecular weight is 368 g/mol. The summed E-state index contributed by atoms with van der Waals surface area (Å²) in [7, 11) is 0. The van der Waals surface area contributed by atoms with E-state index in [2.05, 4.69) is 29.5 Å². The van der Waals surface area contributed by atoms with Gasteiger partial charge in [0, 0.05) is 6.42 Å². The number of hydrogen-bond acceptors (Lipinski definition) is 2. The third-order valence-electron chi connectivity index (χ3n) is 3.03. The number of carbonyl (C=O) groups is 1. The summed E-state index contributed by atoms with van der Waals surface area (Å²) < 4.78 is 6.40. The van der Waals surface area contributed by atoms with Crippen LogP contribution >= 0.6 is 22.6 Å². The van der Waals surface area contributed by atoms with Crippen LogP contribution in [0, 0.1) is 0 Å². The molecule has 0 saturated heterocycles. The monoisotopic (exact) mass is 368 g/mol. The van der Waals surface area contributed by atoms with E-state index in [4.69, 9.17) is 4.74 Å². The lowest BCUT2D eigenvalue weighted by molar-refractivity contribution is -0.143. The number of rotatable bonds is 13. The normalized spacial score (nSPS) is 10.6. The van der Waals surface area contributed by atoms with E-state index >= 15 is 0 Å². The smallest absolute Gasteiger partial charge is 0.305 e. The van der Waals surface area contributed by atoms with Crippen molar-refractivity contribution in [1.82, 2.24) is 0 Å². The second kappa shape index (κ2) is 15.3. The molecule has 0 aliphatic carbocycles. The standard InChI is InChI=1S/C15H29IO2/c1-2-3-14-18-15(17)12-10-8-6-4-5-7-9-11-13-16/h2-14H2,1H3. The molecule has 0 rings (SSSR count). The van der Waals surface area contributed by atoms with E-state index in [0.717, 1.165) is 19.3 Å². The molecule has 0 fully saturated rings. The number of ether oxygens (including phenoxy) is 1. The Hall–Kier alpha value is 0.200. The summed E-state index contributed by atoms with van der Waals surface area (Å²) in [5.41, 5.74) is 0. The number of unbranched alkanes of at least 4 members (excludes halogenated alkanes) is 8. The van der Waals surface area contributed by atoms with Gasteiger partial charge in [0.25, 0.3) is 0 Å². The van der Waals surface area contributed by atoms with Gasteiger partial charge < -0.3 is 4.74 Å². The quantitative estimate of drug-likeness (QED) is 0.191. The van der Waals surface area contributed by atoms with E-state index in [9.17, 15) is 4.79 Å². The molecule has 0 radical (unpaired) electrons. The molecule has 0 saturated carbocycles. The molecule has 0 bridgehead atoms. The zero-order chi connectivity index (χ0) is 13.5. The minimum atomic E-state index is -0.00880. The Balaban J connectivity index is 3.08. The Morgan fingerprint density at radius 1 is 0.889 bits per heavy atom. The van der Waals surface area contributed by atoms with Crippen molar-refractivity contribution in [2.24, 2.45) is 0 Å². The van der Waals surface area contributed by atoms with Crippen LogP contribution in [0.4, 0.5) is 0 Å². The first kappa shape index (κ1) is 18.2. The van der Waals surface area contributed by atoms with Crippen LogP contribution < -0.4 is 0 Å². The maximum atomic E-state index is 11.3. The van der Waals surface area contributed by atoms with Crippen molar-refractivity contribution in [1.29, 1.82) is 0 Å². The third kappa shape index (κ3) is 14.3. The minimum absolute atomic E-state index is 0.00880. The van der Waals surface area contributed by atoms with Crippen LogP contribution in [-0.4, -0.2) is 17.0 Å². The lowest BCUT2D eigenvalue weighted by Crippen LogP contribution is -2.05. The van der Waals surface area contributed by atoms with Crippen molar-refractivity contribution in [3.05, 3.63) is 0 Å². The molecule has 0 aromatic heterocycles. The maximum Gasteiger partial charge on any atom is 0.305 e. The molecule has 0 aromatic carbocycles. The molecule has 18 heavy (non-hydrogen) atoms. The van der Waals surface area contributed by atoms with Gasteiger partial charge in [-0.1, -0.05) is 74.5 Å². The fraction of sp³-hybridized carbons (Fsp3) is 0.933. The van der Waals surface area contributed by atoms with E-state index in [1.165, 1.54) is 49.4 Å². The fourth-order valence-corrected chi connectivity index (χ4v) is 2.37. The van der Waals surface area contributed by atoms with Gasteiger partial charge in [-0.15, -0.1) is 0 Å². The van der Waals surface area contributed by atoms with E-state index in [0.29, 0.717) is 13.0 Å². The van der Waals surface area contributed by atoms with E-state index in [1.807, 2.05) is 0 Å². The molecule has 0 atom stereocenters. The van der Waals surface area contributed by atoms with Crippen LogP contribution in [0.25, 0.3) is 0 Å². The summed E-state index contributed by atoms with van der Waals surface area (Å²) in [5, 5.41) is 0. The Bertz CT molecular complexity index is 183. The number of esters is 1. The Labute approximate surface area is 126 Å². The van der Waals surface area contributed by atoms with Crippen LogP contribution in [0.2, 0.25) is 0 Å². The fourth-order valence-electron chi connectivity index (χ4n) is 1.83. The summed E-state index contributed by atoms with van der Waals surface area (Å²) in [6.45, 7) is 2.71. The summed E-state index contributed by atoms with van der Waals surface area (Å²) in [4.78, 5) is 11.3. The van der Waals surface area contributed by atoms with Crippen molar-refractivity contribution in [2.45, 2.75) is 77.6 Å². The molecular weight excluding hydrogens is 339 g/mol. The lowest BCUT2D eigenvalue weighted by Gasteiger charge is -2.04. The maximum absolute atomic E-state index is 11.3. The summed E-state index contributed by atoms with van der Waals surface area (Å²) >= 11 is 2.44. The number of alkyl halides is 1. The predicted octanol–water partition coefficient (Wildman–Crippen LogP) is 5.28. The van der Waals surface area contributed by atoms with Crippen LogP contribution in [0.1, 0.15) is 77.6 Å². The molecule has 0 aromatic rings. The summed E-state index contributed by atoms with van der Waals surface area (Å²) in [6, 6.07) is 0. The molecule has 0 aliphatic heterocycles. The Morgan fingerprint density at radius 2 is 1.44 bits per heavy atom. The van der Waals surface area contributed by atoms with Gasteiger partial charge in [-0.3, -0.25) is 4.79 Å². The van der Waals surface area contributed by atoms with Gasteiger partial charge in [-0.25, -0.2) is 0 Å². The highest BCUT2D eigenvalue weighted by Gasteiger charge is 2.01. The summed E-state index contributed by atoms with van der Waals surface area (Å²) in [5.74, 6) is -0.00880. The molecule has 0 heterocycles. The Kier molecular flexibility index (Phi) is 15.4. The van der Waals surface area contributed by atoms with Gasteiger partial charge in [0.05, 0.1) is 6.61 Å². The second-order valence-electron chi connectivity index (χ2n) is 4.84. The first-order chi connectivity index (χ1) is 8.81. The highest BCUT2D eigenvalue weighted by Crippen LogP contribution is 2.10. The zero-order valence-electron chi connectivity index (χ0n) is 11.9. The van der Waals surface area contributed by atoms with Crippen LogP contribution in [0.15, 0.2) is 0 Å². The largest absolute Gasteiger partial charge is 0.466 e. The molecule has 0 spiro atoms. The van der Waals surface area contributed by atoms with E-state index in [1.54, 1.807) is 0 Å². The number of carbonyl (C=O) groups excluding carboxylic acids is 1. The number of halogens is 1. The molecule has 0 amide bonds.